The molecular weight excluding hydrogens is 284 g/mol. The molecule has 4 saturated carbocycles. The predicted molar refractivity (Wildman–Crippen MR) is 93.9 cm³/mol. The molecule has 3 heteroatoms. The number of nitrogens with zero attached hydrogens (tertiary/aromatic N) is 1. The summed E-state index contributed by atoms with van der Waals surface area (Å²) >= 11 is 0. The molecule has 0 aromatic rings. The van der Waals surface area contributed by atoms with Crippen molar-refractivity contribution < 1.29 is 5.11 Å². The molecule has 23 heavy (non-hydrogen) atoms. The summed E-state index contributed by atoms with van der Waals surface area (Å²) in [5.41, 5.74) is 1.92. The number of fused-ring (bicyclic) bond motifs is 5. The Bertz CT molecular complexity index is 518. The fourth-order valence-electron chi connectivity index (χ4n) is 7.57. The molecule has 130 valence electrons. The molecule has 3 N–H and O–H groups in total. The van der Waals surface area contributed by atoms with Crippen molar-refractivity contribution in [2.75, 3.05) is 0 Å². The summed E-state index contributed by atoms with van der Waals surface area (Å²) in [6.45, 7) is 7.28. The summed E-state index contributed by atoms with van der Waals surface area (Å²) in [6, 6.07) is 0. The highest BCUT2D eigenvalue weighted by atomic mass is 16.3. The van der Waals surface area contributed by atoms with Crippen LogP contribution in [0.15, 0.2) is 5.10 Å². The Morgan fingerprint density at radius 3 is 2.52 bits per heavy atom. The van der Waals surface area contributed by atoms with Gasteiger partial charge in [-0.05, 0) is 91.8 Å². The maximum absolute atomic E-state index is 10.5. The second kappa shape index (κ2) is 5.21. The third-order valence-corrected chi connectivity index (χ3v) is 8.95. The first-order chi connectivity index (χ1) is 10.9. The first-order valence-corrected chi connectivity index (χ1v) is 9.85. The monoisotopic (exact) mass is 318 g/mol. The van der Waals surface area contributed by atoms with Gasteiger partial charge in [0.1, 0.15) is 0 Å². The van der Waals surface area contributed by atoms with E-state index in [9.17, 15) is 5.11 Å². The van der Waals surface area contributed by atoms with E-state index in [1.807, 2.05) is 0 Å². The van der Waals surface area contributed by atoms with Gasteiger partial charge in [0.2, 0.25) is 0 Å². The molecule has 4 aliphatic carbocycles. The average Bonchev–Trinajstić information content (AvgIpc) is 2.82. The normalized spacial score (nSPS) is 57.7. The Labute approximate surface area is 141 Å². The quantitative estimate of drug-likeness (QED) is 0.525. The van der Waals surface area contributed by atoms with Crippen molar-refractivity contribution in [1.29, 1.82) is 0 Å². The number of rotatable bonds is 0. The van der Waals surface area contributed by atoms with Crippen molar-refractivity contribution in [1.82, 2.24) is 0 Å². The van der Waals surface area contributed by atoms with E-state index in [4.69, 9.17) is 5.84 Å². The fraction of sp³-hybridized carbons (Fsp3) is 0.950. The molecule has 3 nitrogen and oxygen atoms in total. The predicted octanol–water partition coefficient (Wildman–Crippen LogP) is 3.95. The van der Waals surface area contributed by atoms with E-state index in [-0.39, 0.29) is 11.5 Å². The van der Waals surface area contributed by atoms with Crippen LogP contribution < -0.4 is 5.84 Å². The lowest BCUT2D eigenvalue weighted by Crippen LogP contribution is -2.55. The Kier molecular flexibility index (Phi) is 3.61. The zero-order valence-corrected chi connectivity index (χ0v) is 15.1. The maximum atomic E-state index is 10.5. The molecule has 0 amide bonds. The van der Waals surface area contributed by atoms with Crippen LogP contribution in [-0.2, 0) is 0 Å². The second-order valence-corrected chi connectivity index (χ2v) is 9.72. The Balaban J connectivity index is 1.63. The number of hydrogen-bond donors (Lipinski definition) is 2. The number of aliphatic hydroxyl groups excluding tert-OH is 1. The van der Waals surface area contributed by atoms with Crippen LogP contribution >= 0.6 is 0 Å². The lowest BCUT2D eigenvalue weighted by molar-refractivity contribution is -0.116. The molecule has 0 aliphatic heterocycles. The van der Waals surface area contributed by atoms with E-state index in [0.29, 0.717) is 11.3 Å². The molecule has 0 bridgehead atoms. The minimum atomic E-state index is -0.0553. The van der Waals surface area contributed by atoms with E-state index in [1.165, 1.54) is 44.2 Å². The molecule has 4 aliphatic rings. The minimum Gasteiger partial charge on any atom is -0.393 e. The Morgan fingerprint density at radius 2 is 1.78 bits per heavy atom. The van der Waals surface area contributed by atoms with Gasteiger partial charge in [0.25, 0.3) is 0 Å². The Morgan fingerprint density at radius 1 is 1.04 bits per heavy atom. The molecule has 0 saturated heterocycles. The fourth-order valence-corrected chi connectivity index (χ4v) is 7.57. The van der Waals surface area contributed by atoms with Gasteiger partial charge in [0.05, 0.1) is 6.10 Å². The molecule has 0 aromatic heterocycles. The number of nitrogens with two attached hydrogens (primary N) is 1. The first kappa shape index (κ1) is 15.9. The highest BCUT2D eigenvalue weighted by Gasteiger charge is 2.60. The van der Waals surface area contributed by atoms with Gasteiger partial charge in [-0.25, -0.2) is 0 Å². The number of aliphatic hydroxyl groups is 1. The topological polar surface area (TPSA) is 58.6 Å². The summed E-state index contributed by atoms with van der Waals surface area (Å²) < 4.78 is 0. The smallest absolute Gasteiger partial charge is 0.0596 e. The van der Waals surface area contributed by atoms with E-state index >= 15 is 0 Å². The van der Waals surface area contributed by atoms with Gasteiger partial charge >= 0.3 is 0 Å². The molecular formula is C20H34N2O. The maximum Gasteiger partial charge on any atom is 0.0596 e. The van der Waals surface area contributed by atoms with Crippen LogP contribution in [0.2, 0.25) is 0 Å². The largest absolute Gasteiger partial charge is 0.393 e. The standard InChI is InChI=1S/C20H34N2O/c1-12-11-20(3)13(10-17(12)22-21)4-5-14-15-6-7-18(23)19(15,2)9-8-16(14)20/h12-16,18,23H,4-11,21H2,1-3H3/b22-17-/t12-,13-,14+,15+,16+,18+,19-,20-/m0/s1. The number of hydrazone groups is 1. The van der Waals surface area contributed by atoms with Crippen molar-refractivity contribution in [2.45, 2.75) is 78.2 Å². The Hall–Kier alpha value is -0.570. The first-order valence-electron chi connectivity index (χ1n) is 9.85. The van der Waals surface area contributed by atoms with Crippen LogP contribution in [0.25, 0.3) is 0 Å². The van der Waals surface area contributed by atoms with E-state index in [1.54, 1.807) is 0 Å². The van der Waals surface area contributed by atoms with E-state index in [0.717, 1.165) is 36.5 Å². The van der Waals surface area contributed by atoms with Gasteiger partial charge in [-0.15, -0.1) is 0 Å². The lowest BCUT2D eigenvalue weighted by atomic mass is 9.44. The van der Waals surface area contributed by atoms with Gasteiger partial charge in [-0.3, -0.25) is 0 Å². The number of hydrogen-bond acceptors (Lipinski definition) is 3. The van der Waals surface area contributed by atoms with E-state index in [2.05, 4.69) is 25.9 Å². The third-order valence-electron chi connectivity index (χ3n) is 8.95. The van der Waals surface area contributed by atoms with Crippen molar-refractivity contribution >= 4 is 5.71 Å². The van der Waals surface area contributed by atoms with Crippen LogP contribution in [0.3, 0.4) is 0 Å². The summed E-state index contributed by atoms with van der Waals surface area (Å²) in [6.07, 6.45) is 9.88. The van der Waals surface area contributed by atoms with Gasteiger partial charge in [0.15, 0.2) is 0 Å². The van der Waals surface area contributed by atoms with Crippen LogP contribution in [0.5, 0.6) is 0 Å². The highest BCUT2D eigenvalue weighted by molar-refractivity contribution is 5.87. The minimum absolute atomic E-state index is 0.0553. The van der Waals surface area contributed by atoms with Crippen LogP contribution in [-0.4, -0.2) is 16.9 Å². The van der Waals surface area contributed by atoms with E-state index < -0.39 is 0 Å². The second-order valence-electron chi connectivity index (χ2n) is 9.72. The van der Waals surface area contributed by atoms with Crippen LogP contribution in [0.4, 0.5) is 0 Å². The summed E-state index contributed by atoms with van der Waals surface area (Å²) in [4.78, 5) is 0. The molecule has 0 unspecified atom stereocenters. The molecule has 0 spiro atoms. The lowest BCUT2D eigenvalue weighted by Gasteiger charge is -2.61. The highest BCUT2D eigenvalue weighted by Crippen LogP contribution is 2.66. The molecule has 4 rings (SSSR count). The average molecular weight is 319 g/mol. The molecule has 0 radical (unpaired) electrons. The van der Waals surface area contributed by atoms with Crippen LogP contribution in [0.1, 0.15) is 72.1 Å². The van der Waals surface area contributed by atoms with Gasteiger partial charge in [-0.2, -0.15) is 5.10 Å². The summed E-state index contributed by atoms with van der Waals surface area (Å²) in [5.74, 6) is 9.43. The zero-order valence-electron chi connectivity index (χ0n) is 15.1. The summed E-state index contributed by atoms with van der Waals surface area (Å²) in [7, 11) is 0. The third kappa shape index (κ3) is 2.08. The van der Waals surface area contributed by atoms with Gasteiger partial charge < -0.3 is 10.9 Å². The zero-order chi connectivity index (χ0) is 16.4. The summed E-state index contributed by atoms with van der Waals surface area (Å²) in [5, 5.41) is 14.7. The SMILES string of the molecule is C[C@H]1C[C@@]2(C)[C@@H](CC[C@H]3[C@H]2CC[C@]2(C)[C@H](O)CC[C@H]32)C/C1=N/N. The van der Waals surface area contributed by atoms with Gasteiger partial charge in [-0.1, -0.05) is 20.8 Å². The van der Waals surface area contributed by atoms with Gasteiger partial charge in [0, 0.05) is 5.71 Å². The van der Waals surface area contributed by atoms with Crippen molar-refractivity contribution in [3.63, 3.8) is 0 Å². The molecule has 8 atom stereocenters. The molecule has 0 aromatic carbocycles. The van der Waals surface area contributed by atoms with Crippen LogP contribution in [0, 0.1) is 40.4 Å². The van der Waals surface area contributed by atoms with Crippen molar-refractivity contribution in [2.24, 2.45) is 51.4 Å². The molecule has 0 heterocycles. The van der Waals surface area contributed by atoms with Crippen molar-refractivity contribution in [3.05, 3.63) is 0 Å². The van der Waals surface area contributed by atoms with Crippen molar-refractivity contribution in [3.8, 4) is 0 Å². The molecule has 4 fully saturated rings.